The highest BCUT2D eigenvalue weighted by molar-refractivity contribution is 7.11. The second-order valence-corrected chi connectivity index (χ2v) is 8.61. The van der Waals surface area contributed by atoms with E-state index in [0.29, 0.717) is 31.0 Å². The molecule has 0 aliphatic carbocycles. The molecule has 1 fully saturated rings. The van der Waals surface area contributed by atoms with E-state index in [9.17, 15) is 14.0 Å². The summed E-state index contributed by atoms with van der Waals surface area (Å²) in [5.74, 6) is 0.459. The van der Waals surface area contributed by atoms with Crippen LogP contribution in [-0.4, -0.2) is 67.8 Å². The third-order valence-electron chi connectivity index (χ3n) is 5.32. The fraction of sp³-hybridized carbons (Fsp3) is 0.500. The number of alkyl halides is 1. The minimum atomic E-state index is -0.765. The van der Waals surface area contributed by atoms with Crippen molar-refractivity contribution < 1.29 is 28.2 Å². The van der Waals surface area contributed by atoms with Crippen LogP contribution in [0.1, 0.15) is 35.2 Å². The summed E-state index contributed by atoms with van der Waals surface area (Å²) >= 11 is 0.905. The molecule has 1 atom stereocenters. The van der Waals surface area contributed by atoms with Crippen LogP contribution in [0.15, 0.2) is 18.2 Å². The van der Waals surface area contributed by atoms with Crippen molar-refractivity contribution in [2.75, 3.05) is 45.7 Å². The minimum absolute atomic E-state index is 0.00446. The fourth-order valence-electron chi connectivity index (χ4n) is 3.58. The van der Waals surface area contributed by atoms with Crippen molar-refractivity contribution in [3.8, 4) is 17.4 Å². The van der Waals surface area contributed by atoms with E-state index in [1.165, 1.54) is 0 Å². The molecule has 3 rings (SSSR count). The maximum absolute atomic E-state index is 13.2. The number of nitrogens with one attached hydrogen (secondary N) is 2. The molecule has 1 aliphatic rings. The van der Waals surface area contributed by atoms with Gasteiger partial charge in [0, 0.05) is 25.7 Å². The maximum Gasteiger partial charge on any atom is 0.319 e. The van der Waals surface area contributed by atoms with Crippen LogP contribution in [0, 0.1) is 0 Å². The first-order chi connectivity index (χ1) is 16.4. The SMILES string of the molecule is COc1cc(COc2nsc(NC(=O)NCCCCN3CC[C@H](F)C3)c2C(N)=O)cc(OC)c1. The molecule has 0 saturated carbocycles. The lowest BCUT2D eigenvalue weighted by Gasteiger charge is -2.14. The van der Waals surface area contributed by atoms with E-state index >= 15 is 0 Å². The summed E-state index contributed by atoms with van der Waals surface area (Å²) in [4.78, 5) is 26.4. The molecule has 2 aromatic rings. The first kappa shape index (κ1) is 25.5. The number of unbranched alkanes of at least 4 members (excludes halogenated alkanes) is 1. The van der Waals surface area contributed by atoms with Crippen molar-refractivity contribution in [1.82, 2.24) is 14.6 Å². The second kappa shape index (κ2) is 12.4. The highest BCUT2D eigenvalue weighted by Gasteiger charge is 2.23. The van der Waals surface area contributed by atoms with E-state index in [-0.39, 0.29) is 23.1 Å². The summed E-state index contributed by atoms with van der Waals surface area (Å²) in [6, 6.07) is 4.80. The van der Waals surface area contributed by atoms with Gasteiger partial charge in [-0.3, -0.25) is 10.1 Å². The summed E-state index contributed by atoms with van der Waals surface area (Å²) in [5, 5.41) is 5.55. The van der Waals surface area contributed by atoms with Gasteiger partial charge in [0.2, 0.25) is 5.88 Å². The zero-order valence-electron chi connectivity index (χ0n) is 19.3. The highest BCUT2D eigenvalue weighted by Crippen LogP contribution is 2.31. The lowest BCUT2D eigenvalue weighted by Crippen LogP contribution is -2.30. The van der Waals surface area contributed by atoms with Crippen molar-refractivity contribution >= 4 is 28.5 Å². The van der Waals surface area contributed by atoms with Crippen molar-refractivity contribution in [1.29, 1.82) is 0 Å². The van der Waals surface area contributed by atoms with Crippen LogP contribution in [0.4, 0.5) is 14.2 Å². The highest BCUT2D eigenvalue weighted by atomic mass is 32.1. The Balaban J connectivity index is 1.50. The number of primary amides is 1. The number of hydrogen-bond acceptors (Lipinski definition) is 8. The van der Waals surface area contributed by atoms with Crippen LogP contribution in [0.3, 0.4) is 0 Å². The lowest BCUT2D eigenvalue weighted by atomic mass is 10.2. The van der Waals surface area contributed by atoms with Gasteiger partial charge in [-0.15, -0.1) is 0 Å². The first-order valence-electron chi connectivity index (χ1n) is 10.9. The minimum Gasteiger partial charge on any atom is -0.497 e. The number of urea groups is 1. The van der Waals surface area contributed by atoms with Gasteiger partial charge in [-0.2, -0.15) is 4.37 Å². The average Bonchev–Trinajstić information content (AvgIpc) is 3.42. The number of likely N-dealkylation sites (tertiary alicyclic amines) is 1. The van der Waals surface area contributed by atoms with E-state index in [0.717, 1.165) is 43.0 Å². The number of ether oxygens (including phenoxy) is 3. The molecular weight excluding hydrogens is 465 g/mol. The van der Waals surface area contributed by atoms with Gasteiger partial charge in [0.25, 0.3) is 5.91 Å². The lowest BCUT2D eigenvalue weighted by molar-refractivity contribution is 0.0996. The van der Waals surface area contributed by atoms with Gasteiger partial charge in [-0.05, 0) is 55.0 Å². The molecule has 1 aromatic carbocycles. The average molecular weight is 496 g/mol. The number of nitrogens with zero attached hydrogens (tertiary/aromatic N) is 2. The predicted octanol–water partition coefficient (Wildman–Crippen LogP) is 2.78. The van der Waals surface area contributed by atoms with Gasteiger partial charge >= 0.3 is 6.03 Å². The van der Waals surface area contributed by atoms with Gasteiger partial charge in [-0.1, -0.05) is 0 Å². The number of hydrogen-bond donors (Lipinski definition) is 3. The second-order valence-electron chi connectivity index (χ2n) is 7.84. The van der Waals surface area contributed by atoms with Crippen molar-refractivity contribution in [2.24, 2.45) is 5.73 Å². The van der Waals surface area contributed by atoms with Crippen molar-refractivity contribution in [3.05, 3.63) is 29.3 Å². The summed E-state index contributed by atoms with van der Waals surface area (Å²) < 4.78 is 33.5. The van der Waals surface area contributed by atoms with Gasteiger partial charge in [-0.25, -0.2) is 9.18 Å². The Bertz CT molecular complexity index is 966. The smallest absolute Gasteiger partial charge is 0.319 e. The number of halogens is 1. The molecular formula is C22H30FN5O5S. The van der Waals surface area contributed by atoms with Crippen LogP contribution in [-0.2, 0) is 6.61 Å². The molecule has 0 bridgehead atoms. The van der Waals surface area contributed by atoms with Crippen LogP contribution in [0.2, 0.25) is 0 Å². The van der Waals surface area contributed by atoms with Crippen LogP contribution in [0.5, 0.6) is 17.4 Å². The van der Waals surface area contributed by atoms with E-state index in [1.807, 2.05) is 0 Å². The van der Waals surface area contributed by atoms with Gasteiger partial charge in [0.15, 0.2) is 0 Å². The fourth-order valence-corrected chi connectivity index (χ4v) is 4.31. The van der Waals surface area contributed by atoms with Gasteiger partial charge in [0.05, 0.1) is 14.2 Å². The van der Waals surface area contributed by atoms with Gasteiger partial charge in [0.1, 0.15) is 34.8 Å². The normalized spacial score (nSPS) is 15.7. The van der Waals surface area contributed by atoms with Crippen molar-refractivity contribution in [3.63, 3.8) is 0 Å². The first-order valence-corrected chi connectivity index (χ1v) is 11.7. The number of aromatic nitrogens is 1. The molecule has 186 valence electrons. The molecule has 0 unspecified atom stereocenters. The molecule has 4 N–H and O–H groups in total. The molecule has 0 radical (unpaired) electrons. The Morgan fingerprint density at radius 3 is 2.59 bits per heavy atom. The number of nitrogens with two attached hydrogens (primary N) is 1. The molecule has 12 heteroatoms. The standard InChI is InChI=1S/C22H30FN5O5S/c1-31-16-9-14(10-17(11-16)32-2)13-33-20-18(19(24)29)21(34-27-20)26-22(30)25-6-3-4-7-28-8-5-15(23)12-28/h9-11,15H,3-8,12-13H2,1-2H3,(H2,24,29)(H2,25,26,30)/t15-/m0/s1. The third kappa shape index (κ3) is 7.19. The Morgan fingerprint density at radius 2 is 1.97 bits per heavy atom. The number of amides is 3. The number of methoxy groups -OCH3 is 2. The van der Waals surface area contributed by atoms with E-state index in [1.54, 1.807) is 32.4 Å². The zero-order valence-corrected chi connectivity index (χ0v) is 20.1. The summed E-state index contributed by atoms with van der Waals surface area (Å²) in [7, 11) is 3.09. The van der Waals surface area contributed by atoms with E-state index in [2.05, 4.69) is 19.9 Å². The van der Waals surface area contributed by atoms with Crippen LogP contribution in [0.25, 0.3) is 0 Å². The quantitative estimate of drug-likeness (QED) is 0.386. The number of carbonyl (C=O) groups excluding carboxylic acids is 2. The number of rotatable bonds is 12. The summed E-state index contributed by atoms with van der Waals surface area (Å²) in [6.45, 7) is 2.62. The monoisotopic (exact) mass is 495 g/mol. The molecule has 0 spiro atoms. The summed E-state index contributed by atoms with van der Waals surface area (Å²) in [5.41, 5.74) is 6.25. The molecule has 2 heterocycles. The summed E-state index contributed by atoms with van der Waals surface area (Å²) in [6.07, 6.45) is 1.48. The number of carbonyl (C=O) groups is 2. The molecule has 1 aliphatic heterocycles. The Kier molecular flexibility index (Phi) is 9.28. The largest absolute Gasteiger partial charge is 0.497 e. The van der Waals surface area contributed by atoms with Gasteiger partial charge < -0.3 is 30.2 Å². The molecule has 1 aromatic heterocycles. The van der Waals surface area contributed by atoms with E-state index in [4.69, 9.17) is 19.9 Å². The number of anilines is 1. The van der Waals surface area contributed by atoms with Crippen LogP contribution >= 0.6 is 11.5 Å². The molecule has 3 amide bonds. The van der Waals surface area contributed by atoms with Crippen LogP contribution < -0.4 is 30.6 Å². The zero-order chi connectivity index (χ0) is 24.5. The molecule has 34 heavy (non-hydrogen) atoms. The molecule has 1 saturated heterocycles. The third-order valence-corrected chi connectivity index (χ3v) is 6.07. The maximum atomic E-state index is 13.2. The Labute approximate surface area is 201 Å². The Hall–Kier alpha value is -3.12. The topological polar surface area (TPSA) is 128 Å². The molecule has 10 nitrogen and oxygen atoms in total. The predicted molar refractivity (Wildman–Crippen MR) is 127 cm³/mol. The van der Waals surface area contributed by atoms with Crippen molar-refractivity contribution in [2.45, 2.75) is 32.0 Å². The Morgan fingerprint density at radius 1 is 1.24 bits per heavy atom. The van der Waals surface area contributed by atoms with E-state index < -0.39 is 18.1 Å². The number of benzene rings is 1.